The maximum absolute atomic E-state index is 12.8. The molecule has 0 aliphatic carbocycles. The lowest BCUT2D eigenvalue weighted by Crippen LogP contribution is -2.27. The first kappa shape index (κ1) is 19.8. The van der Waals surface area contributed by atoms with Crippen LogP contribution in [0.3, 0.4) is 0 Å². The van der Waals surface area contributed by atoms with E-state index in [9.17, 15) is 9.59 Å². The van der Waals surface area contributed by atoms with Crippen LogP contribution in [-0.4, -0.2) is 50.0 Å². The van der Waals surface area contributed by atoms with Gasteiger partial charge in [-0.05, 0) is 44.9 Å². The van der Waals surface area contributed by atoms with Gasteiger partial charge in [0.2, 0.25) is 0 Å². The van der Waals surface area contributed by atoms with Crippen LogP contribution in [0.2, 0.25) is 0 Å². The van der Waals surface area contributed by atoms with Gasteiger partial charge in [0, 0.05) is 47.8 Å². The van der Waals surface area contributed by atoms with Gasteiger partial charge in [-0.15, -0.1) is 11.3 Å². The molecule has 4 heterocycles. The summed E-state index contributed by atoms with van der Waals surface area (Å²) in [5.74, 6) is 0.399. The van der Waals surface area contributed by atoms with Gasteiger partial charge >= 0.3 is 0 Å². The summed E-state index contributed by atoms with van der Waals surface area (Å²) in [6, 6.07) is 5.54. The molecule has 0 spiro atoms. The SMILES string of the molecule is Cc1cc(C(=O)CSc2ccc(C(=O)N3CCCC3)cn2)c(C)n1-c1nccs1. The minimum atomic E-state index is 0.0391. The number of aromatic nitrogens is 3. The molecule has 6 nitrogen and oxygen atoms in total. The smallest absolute Gasteiger partial charge is 0.255 e. The lowest BCUT2D eigenvalue weighted by atomic mass is 10.2. The second-order valence-corrected chi connectivity index (χ2v) is 8.90. The number of hydrogen-bond acceptors (Lipinski definition) is 6. The molecule has 0 N–H and O–H groups in total. The zero-order chi connectivity index (χ0) is 20.4. The van der Waals surface area contributed by atoms with Gasteiger partial charge in [0.1, 0.15) is 0 Å². The number of likely N-dealkylation sites (tertiary alicyclic amines) is 1. The third kappa shape index (κ3) is 4.13. The number of nitrogens with zero attached hydrogens (tertiary/aromatic N) is 4. The molecule has 0 atom stereocenters. The molecule has 0 saturated carbocycles. The summed E-state index contributed by atoms with van der Waals surface area (Å²) in [4.78, 5) is 35.8. The Morgan fingerprint density at radius 2 is 1.97 bits per heavy atom. The molecule has 4 rings (SSSR count). The molecule has 1 saturated heterocycles. The highest BCUT2D eigenvalue weighted by Crippen LogP contribution is 2.25. The van der Waals surface area contributed by atoms with E-state index in [-0.39, 0.29) is 11.7 Å². The van der Waals surface area contributed by atoms with Crippen molar-refractivity contribution in [3.63, 3.8) is 0 Å². The Balaban J connectivity index is 1.41. The molecular formula is C21H22N4O2S2. The monoisotopic (exact) mass is 426 g/mol. The van der Waals surface area contributed by atoms with Crippen LogP contribution in [0.25, 0.3) is 5.13 Å². The first-order chi connectivity index (χ1) is 14.0. The van der Waals surface area contributed by atoms with Crippen molar-refractivity contribution >= 4 is 34.8 Å². The molecule has 3 aromatic rings. The minimum absolute atomic E-state index is 0.0391. The highest BCUT2D eigenvalue weighted by molar-refractivity contribution is 7.99. The van der Waals surface area contributed by atoms with E-state index in [4.69, 9.17) is 0 Å². The first-order valence-corrected chi connectivity index (χ1v) is 11.4. The van der Waals surface area contributed by atoms with E-state index in [1.54, 1.807) is 29.8 Å². The Kier molecular flexibility index (Phi) is 5.82. The number of Topliss-reactive ketones (excluding diaryl/α,β-unsaturated/α-hetero) is 1. The number of pyridine rings is 1. The molecule has 0 aromatic carbocycles. The van der Waals surface area contributed by atoms with Crippen molar-refractivity contribution in [2.75, 3.05) is 18.8 Å². The summed E-state index contributed by atoms with van der Waals surface area (Å²) in [7, 11) is 0. The van der Waals surface area contributed by atoms with Crippen LogP contribution >= 0.6 is 23.1 Å². The fourth-order valence-corrected chi connectivity index (χ4v) is 5.06. The fourth-order valence-electron chi connectivity index (χ4n) is 3.58. The lowest BCUT2D eigenvalue weighted by molar-refractivity contribution is 0.0792. The molecule has 1 amide bonds. The highest BCUT2D eigenvalue weighted by Gasteiger charge is 2.20. The summed E-state index contributed by atoms with van der Waals surface area (Å²) in [6.45, 7) is 5.58. The van der Waals surface area contributed by atoms with Crippen LogP contribution in [0.5, 0.6) is 0 Å². The molecule has 29 heavy (non-hydrogen) atoms. The normalized spacial score (nSPS) is 13.8. The van der Waals surface area contributed by atoms with Gasteiger partial charge in [-0.3, -0.25) is 14.2 Å². The standard InChI is InChI=1S/C21H22N4O2S2/c1-14-11-17(15(2)25(14)21-22-7-10-28-21)18(26)13-29-19-6-5-16(12-23-19)20(27)24-8-3-4-9-24/h5-7,10-12H,3-4,8-9,13H2,1-2H3. The molecule has 1 fully saturated rings. The summed E-state index contributed by atoms with van der Waals surface area (Å²) < 4.78 is 2.01. The number of carbonyl (C=O) groups excluding carboxylic acids is 2. The third-order valence-electron chi connectivity index (χ3n) is 5.07. The molecule has 0 bridgehead atoms. The number of hydrogen-bond donors (Lipinski definition) is 0. The van der Waals surface area contributed by atoms with Crippen LogP contribution in [0.4, 0.5) is 0 Å². The highest BCUT2D eigenvalue weighted by atomic mass is 32.2. The van der Waals surface area contributed by atoms with Crippen molar-refractivity contribution in [3.8, 4) is 5.13 Å². The van der Waals surface area contributed by atoms with Crippen LogP contribution in [0.1, 0.15) is 44.9 Å². The Bertz CT molecular complexity index is 1020. The minimum Gasteiger partial charge on any atom is -0.339 e. The predicted molar refractivity (Wildman–Crippen MR) is 115 cm³/mol. The van der Waals surface area contributed by atoms with Gasteiger partial charge < -0.3 is 4.90 Å². The van der Waals surface area contributed by atoms with Crippen LogP contribution in [0, 0.1) is 13.8 Å². The number of ketones is 1. The fraction of sp³-hybridized carbons (Fsp3) is 0.333. The van der Waals surface area contributed by atoms with Crippen molar-refractivity contribution in [1.82, 2.24) is 19.4 Å². The molecule has 150 valence electrons. The number of thiazole rings is 1. The third-order valence-corrected chi connectivity index (χ3v) is 6.77. The Labute approximate surface area is 178 Å². The number of rotatable bonds is 6. The van der Waals surface area contributed by atoms with Gasteiger partial charge in [-0.2, -0.15) is 0 Å². The quantitative estimate of drug-likeness (QED) is 0.437. The average molecular weight is 427 g/mol. The first-order valence-electron chi connectivity index (χ1n) is 9.54. The zero-order valence-electron chi connectivity index (χ0n) is 16.4. The summed E-state index contributed by atoms with van der Waals surface area (Å²) in [5, 5.41) is 3.53. The zero-order valence-corrected chi connectivity index (χ0v) is 18.1. The topological polar surface area (TPSA) is 68.1 Å². The second kappa shape index (κ2) is 8.51. The maximum atomic E-state index is 12.8. The van der Waals surface area contributed by atoms with Gasteiger partial charge in [0.15, 0.2) is 10.9 Å². The Morgan fingerprint density at radius 3 is 2.62 bits per heavy atom. The molecule has 0 radical (unpaired) electrons. The molecule has 8 heteroatoms. The number of amides is 1. The van der Waals surface area contributed by atoms with E-state index in [1.165, 1.54) is 11.8 Å². The van der Waals surface area contributed by atoms with Crippen molar-refractivity contribution in [2.45, 2.75) is 31.7 Å². The number of aryl methyl sites for hydroxylation is 1. The van der Waals surface area contributed by atoms with E-state index in [2.05, 4.69) is 9.97 Å². The van der Waals surface area contributed by atoms with E-state index in [0.29, 0.717) is 16.9 Å². The summed E-state index contributed by atoms with van der Waals surface area (Å²) >= 11 is 2.94. The van der Waals surface area contributed by atoms with Crippen molar-refractivity contribution in [3.05, 3.63) is 58.5 Å². The summed E-state index contributed by atoms with van der Waals surface area (Å²) in [6.07, 6.45) is 5.51. The Morgan fingerprint density at radius 1 is 1.17 bits per heavy atom. The van der Waals surface area contributed by atoms with E-state index in [0.717, 1.165) is 47.5 Å². The predicted octanol–water partition coefficient (Wildman–Crippen LogP) is 4.16. The maximum Gasteiger partial charge on any atom is 0.255 e. The van der Waals surface area contributed by atoms with Gasteiger partial charge in [0.05, 0.1) is 16.3 Å². The van der Waals surface area contributed by atoms with Gasteiger partial charge in [0.25, 0.3) is 5.91 Å². The Hall–Kier alpha value is -2.45. The average Bonchev–Trinajstić information content (AvgIpc) is 3.48. The van der Waals surface area contributed by atoms with Crippen molar-refractivity contribution < 1.29 is 9.59 Å². The molecular weight excluding hydrogens is 404 g/mol. The van der Waals surface area contributed by atoms with Crippen LogP contribution in [0.15, 0.2) is 41.0 Å². The lowest BCUT2D eigenvalue weighted by Gasteiger charge is -2.14. The van der Waals surface area contributed by atoms with Crippen LogP contribution < -0.4 is 0 Å². The van der Waals surface area contributed by atoms with Crippen molar-refractivity contribution in [1.29, 1.82) is 0 Å². The second-order valence-electron chi connectivity index (χ2n) is 7.03. The van der Waals surface area contributed by atoms with Crippen molar-refractivity contribution in [2.24, 2.45) is 0 Å². The van der Waals surface area contributed by atoms with E-state index >= 15 is 0 Å². The van der Waals surface area contributed by atoms with Gasteiger partial charge in [-0.1, -0.05) is 11.8 Å². The van der Waals surface area contributed by atoms with Gasteiger partial charge in [-0.25, -0.2) is 9.97 Å². The number of thioether (sulfide) groups is 1. The summed E-state index contributed by atoms with van der Waals surface area (Å²) in [5.41, 5.74) is 3.22. The molecule has 0 unspecified atom stereocenters. The largest absolute Gasteiger partial charge is 0.339 e. The molecule has 3 aromatic heterocycles. The van der Waals surface area contributed by atoms with Crippen LogP contribution in [-0.2, 0) is 0 Å². The molecule has 1 aliphatic heterocycles. The number of carbonyl (C=O) groups is 2. The molecule has 1 aliphatic rings. The van der Waals surface area contributed by atoms with E-state index in [1.807, 2.05) is 40.8 Å². The van der Waals surface area contributed by atoms with E-state index < -0.39 is 0 Å².